The average molecular weight is 408 g/mol. The highest BCUT2D eigenvalue weighted by Crippen LogP contribution is 2.30. The molecular weight excluding hydrogens is 378 g/mol. The first kappa shape index (κ1) is 21.5. The van der Waals surface area contributed by atoms with Crippen LogP contribution < -0.4 is 19.5 Å². The van der Waals surface area contributed by atoms with Crippen LogP contribution in [-0.4, -0.2) is 58.4 Å². The lowest BCUT2D eigenvalue weighted by molar-refractivity contribution is 0.355. The van der Waals surface area contributed by atoms with Gasteiger partial charge in [0.15, 0.2) is 11.5 Å². The van der Waals surface area contributed by atoms with E-state index >= 15 is 0 Å². The van der Waals surface area contributed by atoms with Crippen molar-refractivity contribution in [3.63, 3.8) is 0 Å². The smallest absolute Gasteiger partial charge is 0.161 e. The molecule has 158 valence electrons. The highest BCUT2D eigenvalue weighted by molar-refractivity contribution is 5.94. The molecule has 0 aliphatic rings. The standard InChI is InChI=1S/C24H29N3O3/c1-27(2)13-12-25-22-15-18(26-21-10-9-19(28-3)16-20(21)22)8-6-17-7-11-23(29-4)24(14-17)30-5/h6-11,14-16H,12-13H2,1-5H3,(H,25,26)/b8-6+. The summed E-state index contributed by atoms with van der Waals surface area (Å²) in [7, 11) is 9.07. The van der Waals surface area contributed by atoms with Crippen LogP contribution in [0.3, 0.4) is 0 Å². The Balaban J connectivity index is 1.94. The molecule has 0 saturated carbocycles. The van der Waals surface area contributed by atoms with Crippen molar-refractivity contribution in [3.05, 3.63) is 53.7 Å². The monoisotopic (exact) mass is 407 g/mol. The number of rotatable bonds is 9. The van der Waals surface area contributed by atoms with Crippen molar-refractivity contribution < 1.29 is 14.2 Å². The molecule has 3 aromatic rings. The molecule has 0 amide bonds. The average Bonchev–Trinajstić information content (AvgIpc) is 2.76. The molecule has 0 atom stereocenters. The van der Waals surface area contributed by atoms with Crippen molar-refractivity contribution in [2.45, 2.75) is 0 Å². The zero-order valence-electron chi connectivity index (χ0n) is 18.2. The van der Waals surface area contributed by atoms with Gasteiger partial charge in [0, 0.05) is 24.2 Å². The number of hydrogen-bond donors (Lipinski definition) is 1. The second-order valence-corrected chi connectivity index (χ2v) is 7.16. The van der Waals surface area contributed by atoms with E-state index in [1.165, 1.54) is 0 Å². The minimum absolute atomic E-state index is 0.698. The minimum atomic E-state index is 0.698. The molecule has 0 aliphatic carbocycles. The van der Waals surface area contributed by atoms with Gasteiger partial charge in [-0.2, -0.15) is 0 Å². The molecular formula is C24H29N3O3. The summed E-state index contributed by atoms with van der Waals surface area (Å²) in [6.45, 7) is 1.77. The summed E-state index contributed by atoms with van der Waals surface area (Å²) in [5.41, 5.74) is 3.83. The normalized spacial score (nSPS) is 11.3. The van der Waals surface area contributed by atoms with E-state index in [2.05, 4.69) is 30.4 Å². The van der Waals surface area contributed by atoms with Crippen LogP contribution in [-0.2, 0) is 0 Å². The fourth-order valence-corrected chi connectivity index (χ4v) is 3.14. The van der Waals surface area contributed by atoms with Crippen molar-refractivity contribution in [2.75, 3.05) is 53.8 Å². The summed E-state index contributed by atoms with van der Waals surface area (Å²) in [6.07, 6.45) is 4.02. The van der Waals surface area contributed by atoms with Gasteiger partial charge in [0.05, 0.1) is 32.5 Å². The second-order valence-electron chi connectivity index (χ2n) is 7.16. The Morgan fingerprint density at radius 3 is 2.40 bits per heavy atom. The number of nitrogens with zero attached hydrogens (tertiary/aromatic N) is 2. The maximum atomic E-state index is 5.40. The van der Waals surface area contributed by atoms with Crippen LogP contribution in [0.5, 0.6) is 17.2 Å². The third-order valence-corrected chi connectivity index (χ3v) is 4.76. The molecule has 1 N–H and O–H groups in total. The molecule has 6 nitrogen and oxygen atoms in total. The minimum Gasteiger partial charge on any atom is -0.497 e. The van der Waals surface area contributed by atoms with Crippen LogP contribution in [0.1, 0.15) is 11.3 Å². The molecule has 6 heteroatoms. The number of pyridine rings is 1. The Kier molecular flexibility index (Phi) is 7.14. The summed E-state index contributed by atoms with van der Waals surface area (Å²) in [5.74, 6) is 2.22. The zero-order valence-corrected chi connectivity index (χ0v) is 18.2. The van der Waals surface area contributed by atoms with Crippen molar-refractivity contribution in [1.82, 2.24) is 9.88 Å². The summed E-state index contributed by atoms with van der Waals surface area (Å²) in [5, 5.41) is 4.57. The Labute approximate surface area is 178 Å². The third-order valence-electron chi connectivity index (χ3n) is 4.76. The van der Waals surface area contributed by atoms with E-state index in [1.54, 1.807) is 21.3 Å². The first-order valence-electron chi connectivity index (χ1n) is 9.81. The molecule has 0 saturated heterocycles. The molecule has 0 spiro atoms. The zero-order chi connectivity index (χ0) is 21.5. The summed E-state index contributed by atoms with van der Waals surface area (Å²) in [4.78, 5) is 6.94. The number of ether oxygens (including phenoxy) is 3. The summed E-state index contributed by atoms with van der Waals surface area (Å²) < 4.78 is 16.1. The van der Waals surface area contributed by atoms with E-state index in [0.717, 1.165) is 46.7 Å². The van der Waals surface area contributed by atoms with Crippen LogP contribution in [0.2, 0.25) is 0 Å². The topological polar surface area (TPSA) is 55.9 Å². The largest absolute Gasteiger partial charge is 0.497 e. The lowest BCUT2D eigenvalue weighted by atomic mass is 10.1. The van der Waals surface area contributed by atoms with E-state index < -0.39 is 0 Å². The third kappa shape index (κ3) is 5.21. The molecule has 0 radical (unpaired) electrons. The highest BCUT2D eigenvalue weighted by Gasteiger charge is 2.07. The molecule has 30 heavy (non-hydrogen) atoms. The van der Waals surface area contributed by atoms with Gasteiger partial charge in [-0.25, -0.2) is 4.98 Å². The molecule has 0 bridgehead atoms. The Morgan fingerprint density at radius 1 is 0.900 bits per heavy atom. The highest BCUT2D eigenvalue weighted by atomic mass is 16.5. The van der Waals surface area contributed by atoms with Gasteiger partial charge in [-0.3, -0.25) is 0 Å². The number of nitrogens with one attached hydrogen (secondary N) is 1. The van der Waals surface area contributed by atoms with Gasteiger partial charge in [0.1, 0.15) is 5.75 Å². The molecule has 0 aliphatic heterocycles. The lowest BCUT2D eigenvalue weighted by Crippen LogP contribution is -2.20. The van der Waals surface area contributed by atoms with Crippen molar-refractivity contribution >= 4 is 28.7 Å². The Morgan fingerprint density at radius 2 is 1.70 bits per heavy atom. The molecule has 0 unspecified atom stereocenters. The van der Waals surface area contributed by atoms with Crippen molar-refractivity contribution in [3.8, 4) is 17.2 Å². The van der Waals surface area contributed by atoms with Crippen LogP contribution in [0, 0.1) is 0 Å². The van der Waals surface area contributed by atoms with Crippen LogP contribution in [0.15, 0.2) is 42.5 Å². The summed E-state index contributed by atoms with van der Waals surface area (Å²) in [6, 6.07) is 13.8. The fourth-order valence-electron chi connectivity index (χ4n) is 3.14. The van der Waals surface area contributed by atoms with Crippen LogP contribution >= 0.6 is 0 Å². The van der Waals surface area contributed by atoms with Gasteiger partial charge in [0.2, 0.25) is 0 Å². The van der Waals surface area contributed by atoms with Gasteiger partial charge < -0.3 is 24.4 Å². The number of anilines is 1. The van der Waals surface area contributed by atoms with Crippen LogP contribution in [0.25, 0.3) is 23.1 Å². The van der Waals surface area contributed by atoms with Gasteiger partial charge in [-0.05, 0) is 62.1 Å². The molecule has 0 fully saturated rings. The van der Waals surface area contributed by atoms with Crippen molar-refractivity contribution in [1.29, 1.82) is 0 Å². The molecule has 3 rings (SSSR count). The first-order valence-corrected chi connectivity index (χ1v) is 9.81. The quantitative estimate of drug-likeness (QED) is 0.567. The number of aromatic nitrogens is 1. The van der Waals surface area contributed by atoms with Gasteiger partial charge >= 0.3 is 0 Å². The van der Waals surface area contributed by atoms with E-state index in [4.69, 9.17) is 19.2 Å². The van der Waals surface area contributed by atoms with Gasteiger partial charge in [-0.1, -0.05) is 12.1 Å². The predicted molar refractivity (Wildman–Crippen MR) is 124 cm³/mol. The van der Waals surface area contributed by atoms with E-state index in [1.807, 2.05) is 48.6 Å². The summed E-state index contributed by atoms with van der Waals surface area (Å²) >= 11 is 0. The maximum absolute atomic E-state index is 5.40. The molecule has 1 heterocycles. The Hall–Kier alpha value is -3.25. The number of fused-ring (bicyclic) bond motifs is 1. The van der Waals surface area contributed by atoms with Gasteiger partial charge in [-0.15, -0.1) is 0 Å². The molecule has 1 aromatic heterocycles. The molecule has 2 aromatic carbocycles. The Bertz CT molecular complexity index is 1030. The van der Waals surface area contributed by atoms with E-state index in [9.17, 15) is 0 Å². The number of benzene rings is 2. The predicted octanol–water partition coefficient (Wildman–Crippen LogP) is 4.40. The van der Waals surface area contributed by atoms with E-state index in [0.29, 0.717) is 11.5 Å². The number of methoxy groups -OCH3 is 3. The van der Waals surface area contributed by atoms with Crippen LogP contribution in [0.4, 0.5) is 5.69 Å². The number of likely N-dealkylation sites (N-methyl/N-ethyl adjacent to an activating group) is 1. The van der Waals surface area contributed by atoms with Gasteiger partial charge in [0.25, 0.3) is 0 Å². The SMILES string of the molecule is COc1ccc2nc(/C=C/c3ccc(OC)c(OC)c3)cc(NCCN(C)C)c2c1. The fraction of sp³-hybridized carbons (Fsp3) is 0.292. The van der Waals surface area contributed by atoms with E-state index in [-0.39, 0.29) is 0 Å². The van der Waals surface area contributed by atoms with Crippen molar-refractivity contribution in [2.24, 2.45) is 0 Å². The first-order chi connectivity index (χ1) is 14.5. The second kappa shape index (κ2) is 9.98. The maximum Gasteiger partial charge on any atom is 0.161 e. The number of hydrogen-bond acceptors (Lipinski definition) is 6. The lowest BCUT2D eigenvalue weighted by Gasteiger charge is -2.14.